The molecule has 7 nitrogen and oxygen atoms in total. The largest absolute Gasteiger partial charge is 0.352 e. The standard InChI is InChI=1S/C20H27N5O2/c26-19(6-5-13-25-16-21-15-23-25)22-14-17-7-9-18(10-8-17)20(27)24-11-3-1-2-4-12-24/h7-10,15-16H,1-6,11-14H2,(H,22,26). The van der Waals surface area contributed by atoms with Crippen LogP contribution in [-0.2, 0) is 17.9 Å². The van der Waals surface area contributed by atoms with Crippen molar-refractivity contribution in [1.29, 1.82) is 0 Å². The Balaban J connectivity index is 1.41. The minimum Gasteiger partial charge on any atom is -0.352 e. The fourth-order valence-corrected chi connectivity index (χ4v) is 3.26. The minimum absolute atomic E-state index is 0.0137. The van der Waals surface area contributed by atoms with Crippen molar-refractivity contribution in [2.24, 2.45) is 0 Å². The van der Waals surface area contributed by atoms with Crippen LogP contribution in [0.25, 0.3) is 0 Å². The molecule has 1 aliphatic heterocycles. The molecule has 27 heavy (non-hydrogen) atoms. The topological polar surface area (TPSA) is 80.1 Å². The first-order valence-corrected chi connectivity index (χ1v) is 9.70. The van der Waals surface area contributed by atoms with E-state index < -0.39 is 0 Å². The third-order valence-electron chi connectivity index (χ3n) is 4.84. The average Bonchev–Trinajstić information content (AvgIpc) is 3.06. The Morgan fingerprint density at radius 1 is 1.04 bits per heavy atom. The number of nitrogens with zero attached hydrogens (tertiary/aromatic N) is 4. The van der Waals surface area contributed by atoms with Crippen LogP contribution < -0.4 is 5.32 Å². The lowest BCUT2D eigenvalue weighted by molar-refractivity contribution is -0.121. The maximum Gasteiger partial charge on any atom is 0.253 e. The lowest BCUT2D eigenvalue weighted by atomic mass is 10.1. The van der Waals surface area contributed by atoms with Gasteiger partial charge in [-0.05, 0) is 37.0 Å². The van der Waals surface area contributed by atoms with E-state index in [1.165, 1.54) is 19.2 Å². The Hall–Kier alpha value is -2.70. The van der Waals surface area contributed by atoms with Gasteiger partial charge in [0.05, 0.1) is 0 Å². The molecule has 0 aliphatic carbocycles. The quantitative estimate of drug-likeness (QED) is 0.813. The predicted octanol–water partition coefficient (Wildman–Crippen LogP) is 2.39. The first-order valence-electron chi connectivity index (χ1n) is 9.70. The number of carbonyl (C=O) groups is 2. The monoisotopic (exact) mass is 369 g/mol. The Kier molecular flexibility index (Phi) is 6.96. The fraction of sp³-hybridized carbons (Fsp3) is 0.500. The summed E-state index contributed by atoms with van der Waals surface area (Å²) in [4.78, 5) is 30.4. The molecule has 0 bridgehead atoms. The highest BCUT2D eigenvalue weighted by Gasteiger charge is 2.17. The van der Waals surface area contributed by atoms with Crippen LogP contribution in [0.15, 0.2) is 36.9 Å². The van der Waals surface area contributed by atoms with E-state index in [1.807, 2.05) is 29.2 Å². The van der Waals surface area contributed by atoms with E-state index in [0.717, 1.165) is 43.5 Å². The van der Waals surface area contributed by atoms with Crippen molar-refractivity contribution in [2.45, 2.75) is 51.6 Å². The summed E-state index contributed by atoms with van der Waals surface area (Å²) >= 11 is 0. The van der Waals surface area contributed by atoms with E-state index in [1.54, 1.807) is 11.0 Å². The van der Waals surface area contributed by atoms with E-state index >= 15 is 0 Å². The summed E-state index contributed by atoms with van der Waals surface area (Å²) in [5.74, 6) is 0.125. The molecule has 2 heterocycles. The van der Waals surface area contributed by atoms with Crippen molar-refractivity contribution in [3.05, 3.63) is 48.0 Å². The number of benzene rings is 1. The molecule has 0 spiro atoms. The number of rotatable bonds is 7. The maximum atomic E-state index is 12.6. The Morgan fingerprint density at radius 3 is 2.44 bits per heavy atom. The Morgan fingerprint density at radius 2 is 1.78 bits per heavy atom. The van der Waals surface area contributed by atoms with Gasteiger partial charge < -0.3 is 10.2 Å². The molecule has 2 amide bonds. The van der Waals surface area contributed by atoms with Crippen molar-refractivity contribution in [1.82, 2.24) is 25.0 Å². The van der Waals surface area contributed by atoms with Gasteiger partial charge in [0, 0.05) is 38.2 Å². The molecule has 2 aromatic rings. The minimum atomic E-state index is 0.0137. The number of carbonyl (C=O) groups excluding carboxylic acids is 2. The van der Waals surface area contributed by atoms with E-state index in [-0.39, 0.29) is 11.8 Å². The van der Waals surface area contributed by atoms with Gasteiger partial charge in [-0.25, -0.2) is 4.98 Å². The molecule has 1 N–H and O–H groups in total. The zero-order valence-corrected chi connectivity index (χ0v) is 15.6. The van der Waals surface area contributed by atoms with Gasteiger partial charge in [-0.2, -0.15) is 5.10 Å². The highest BCUT2D eigenvalue weighted by atomic mass is 16.2. The molecule has 0 atom stereocenters. The van der Waals surface area contributed by atoms with E-state index in [0.29, 0.717) is 19.5 Å². The zero-order chi connectivity index (χ0) is 18.9. The number of nitrogens with one attached hydrogen (secondary N) is 1. The van der Waals surface area contributed by atoms with Crippen LogP contribution in [-0.4, -0.2) is 44.6 Å². The second-order valence-corrected chi connectivity index (χ2v) is 6.94. The smallest absolute Gasteiger partial charge is 0.253 e. The number of hydrogen-bond donors (Lipinski definition) is 1. The van der Waals surface area contributed by atoms with Gasteiger partial charge in [0.15, 0.2) is 0 Å². The van der Waals surface area contributed by atoms with Gasteiger partial charge in [0.1, 0.15) is 12.7 Å². The van der Waals surface area contributed by atoms with Crippen molar-refractivity contribution in [3.8, 4) is 0 Å². The van der Waals surface area contributed by atoms with Crippen LogP contribution in [0.4, 0.5) is 0 Å². The molecule has 0 unspecified atom stereocenters. The lowest BCUT2D eigenvalue weighted by Crippen LogP contribution is -2.31. The summed E-state index contributed by atoms with van der Waals surface area (Å²) in [5, 5.41) is 6.93. The highest BCUT2D eigenvalue weighted by molar-refractivity contribution is 5.94. The van der Waals surface area contributed by atoms with Crippen LogP contribution in [0.1, 0.15) is 54.4 Å². The van der Waals surface area contributed by atoms with Gasteiger partial charge >= 0.3 is 0 Å². The first-order chi connectivity index (χ1) is 13.2. The van der Waals surface area contributed by atoms with Crippen LogP contribution >= 0.6 is 0 Å². The van der Waals surface area contributed by atoms with Crippen molar-refractivity contribution in [3.63, 3.8) is 0 Å². The molecule has 1 aliphatic rings. The lowest BCUT2D eigenvalue weighted by Gasteiger charge is -2.20. The molecule has 144 valence electrons. The molecule has 7 heteroatoms. The SMILES string of the molecule is O=C(CCCn1cncn1)NCc1ccc(C(=O)N2CCCCCC2)cc1. The zero-order valence-electron chi connectivity index (χ0n) is 15.6. The molecule has 1 aromatic carbocycles. The third-order valence-corrected chi connectivity index (χ3v) is 4.84. The Bertz CT molecular complexity index is 719. The molecule has 1 aromatic heterocycles. The van der Waals surface area contributed by atoms with Crippen LogP contribution in [0, 0.1) is 0 Å². The Labute approximate surface area is 159 Å². The van der Waals surface area contributed by atoms with Crippen molar-refractivity contribution in [2.75, 3.05) is 13.1 Å². The van der Waals surface area contributed by atoms with E-state index in [9.17, 15) is 9.59 Å². The predicted molar refractivity (Wildman–Crippen MR) is 102 cm³/mol. The molecule has 1 fully saturated rings. The molecule has 1 saturated heterocycles. The number of hydrogen-bond acceptors (Lipinski definition) is 4. The summed E-state index contributed by atoms with van der Waals surface area (Å²) in [6.45, 7) is 2.86. The number of likely N-dealkylation sites (tertiary alicyclic amines) is 1. The number of amides is 2. The van der Waals surface area contributed by atoms with E-state index in [2.05, 4.69) is 15.4 Å². The molecular formula is C20H27N5O2. The van der Waals surface area contributed by atoms with Crippen LogP contribution in [0.2, 0.25) is 0 Å². The fourth-order valence-electron chi connectivity index (χ4n) is 3.26. The van der Waals surface area contributed by atoms with Gasteiger partial charge in [0.25, 0.3) is 5.91 Å². The second-order valence-electron chi connectivity index (χ2n) is 6.94. The van der Waals surface area contributed by atoms with Gasteiger partial charge in [-0.15, -0.1) is 0 Å². The summed E-state index contributed by atoms with van der Waals surface area (Å²) < 4.78 is 1.72. The summed E-state index contributed by atoms with van der Waals surface area (Å²) in [6, 6.07) is 7.56. The van der Waals surface area contributed by atoms with Gasteiger partial charge in [-0.3, -0.25) is 14.3 Å². The number of aromatic nitrogens is 3. The first kappa shape index (κ1) is 19.1. The van der Waals surface area contributed by atoms with E-state index in [4.69, 9.17) is 0 Å². The normalized spacial score (nSPS) is 14.6. The van der Waals surface area contributed by atoms with Crippen LogP contribution in [0.5, 0.6) is 0 Å². The van der Waals surface area contributed by atoms with Gasteiger partial charge in [-0.1, -0.05) is 25.0 Å². The number of aryl methyl sites for hydroxylation is 1. The molecule has 0 saturated carbocycles. The highest BCUT2D eigenvalue weighted by Crippen LogP contribution is 2.14. The third kappa shape index (κ3) is 5.91. The van der Waals surface area contributed by atoms with Crippen molar-refractivity contribution < 1.29 is 9.59 Å². The molecular weight excluding hydrogens is 342 g/mol. The molecule has 0 radical (unpaired) electrons. The average molecular weight is 369 g/mol. The van der Waals surface area contributed by atoms with Crippen LogP contribution in [0.3, 0.4) is 0 Å². The summed E-state index contributed by atoms with van der Waals surface area (Å²) in [7, 11) is 0. The summed E-state index contributed by atoms with van der Waals surface area (Å²) in [6.07, 6.45) is 8.90. The molecule has 3 rings (SSSR count). The van der Waals surface area contributed by atoms with Crippen molar-refractivity contribution >= 4 is 11.8 Å². The van der Waals surface area contributed by atoms with Gasteiger partial charge in [0.2, 0.25) is 5.91 Å². The second kappa shape index (κ2) is 9.85. The maximum absolute atomic E-state index is 12.6. The summed E-state index contributed by atoms with van der Waals surface area (Å²) in [5.41, 5.74) is 1.71.